The number of benzene rings is 2. The molecular formula is C23H26O3. The van der Waals surface area contributed by atoms with Crippen molar-refractivity contribution in [2.24, 2.45) is 16.7 Å². The molecule has 3 rings (SSSR count). The first kappa shape index (κ1) is 18.2. The van der Waals surface area contributed by atoms with Crippen molar-refractivity contribution < 1.29 is 14.6 Å². The Morgan fingerprint density at radius 3 is 2.27 bits per heavy atom. The molecule has 2 unspecified atom stereocenters. The first-order valence-electron chi connectivity index (χ1n) is 8.97. The summed E-state index contributed by atoms with van der Waals surface area (Å²) in [6, 6.07) is 17.6. The third-order valence-electron chi connectivity index (χ3n) is 5.57. The fraction of sp³-hybridized carbons (Fsp3) is 0.348. The molecular weight excluding hydrogens is 324 g/mol. The van der Waals surface area contributed by atoms with Crippen molar-refractivity contribution in [3.05, 3.63) is 71.8 Å². The van der Waals surface area contributed by atoms with Crippen LogP contribution < -0.4 is 4.74 Å². The van der Waals surface area contributed by atoms with Crippen LogP contribution in [0.3, 0.4) is 0 Å². The highest BCUT2D eigenvalue weighted by Gasteiger charge is 2.72. The van der Waals surface area contributed by atoms with Crippen LogP contribution in [-0.4, -0.2) is 11.1 Å². The molecule has 3 heteroatoms. The number of aliphatic carboxylic acids is 1. The lowest BCUT2D eigenvalue weighted by atomic mass is 9.86. The van der Waals surface area contributed by atoms with E-state index in [1.54, 1.807) is 0 Å². The van der Waals surface area contributed by atoms with Crippen LogP contribution in [-0.2, 0) is 11.2 Å². The van der Waals surface area contributed by atoms with Crippen molar-refractivity contribution in [2.45, 2.75) is 34.1 Å². The summed E-state index contributed by atoms with van der Waals surface area (Å²) in [6.45, 7) is 8.15. The predicted octanol–water partition coefficient (Wildman–Crippen LogP) is 5.71. The average Bonchev–Trinajstić information content (AvgIpc) is 3.03. The molecule has 1 aliphatic carbocycles. The molecule has 0 radical (unpaired) electrons. The molecule has 1 N–H and O–H groups in total. The zero-order chi connectivity index (χ0) is 18.9. The van der Waals surface area contributed by atoms with Gasteiger partial charge in [0.2, 0.25) is 0 Å². The van der Waals surface area contributed by atoms with Gasteiger partial charge in [0.1, 0.15) is 11.5 Å². The average molecular weight is 350 g/mol. The number of hydrogen-bond donors (Lipinski definition) is 1. The Bertz CT molecular complexity index is 832. The van der Waals surface area contributed by atoms with Gasteiger partial charge in [-0.25, -0.2) is 0 Å². The van der Waals surface area contributed by atoms with Crippen LogP contribution >= 0.6 is 0 Å². The van der Waals surface area contributed by atoms with E-state index in [4.69, 9.17) is 4.74 Å². The van der Waals surface area contributed by atoms with Crippen molar-refractivity contribution >= 4 is 5.97 Å². The highest BCUT2D eigenvalue weighted by molar-refractivity contribution is 5.78. The van der Waals surface area contributed by atoms with E-state index in [0.29, 0.717) is 6.42 Å². The van der Waals surface area contributed by atoms with E-state index in [1.807, 2.05) is 82.3 Å². The van der Waals surface area contributed by atoms with Crippen molar-refractivity contribution in [1.29, 1.82) is 0 Å². The number of carboxylic acid groups (broad SMARTS) is 1. The number of ether oxygens (including phenoxy) is 1. The molecule has 1 fully saturated rings. The molecule has 1 saturated carbocycles. The number of rotatable bonds is 6. The zero-order valence-electron chi connectivity index (χ0n) is 15.8. The Hall–Kier alpha value is -2.55. The smallest absolute Gasteiger partial charge is 0.307 e. The van der Waals surface area contributed by atoms with Crippen LogP contribution in [0.4, 0.5) is 0 Å². The summed E-state index contributed by atoms with van der Waals surface area (Å²) in [5, 5.41) is 9.76. The fourth-order valence-electron chi connectivity index (χ4n) is 4.26. The molecule has 0 amide bonds. The number of hydrogen-bond acceptors (Lipinski definition) is 2. The van der Waals surface area contributed by atoms with E-state index in [1.165, 1.54) is 0 Å². The largest absolute Gasteiger partial charge is 0.481 e. The number of para-hydroxylation sites is 2. The lowest BCUT2D eigenvalue weighted by Gasteiger charge is -2.19. The van der Waals surface area contributed by atoms with Crippen LogP contribution in [0.1, 0.15) is 33.3 Å². The van der Waals surface area contributed by atoms with Crippen molar-refractivity contribution in [3.8, 4) is 11.5 Å². The molecule has 0 heterocycles. The van der Waals surface area contributed by atoms with Gasteiger partial charge in [-0.15, -0.1) is 0 Å². The van der Waals surface area contributed by atoms with Crippen molar-refractivity contribution in [2.75, 3.05) is 0 Å². The summed E-state index contributed by atoms with van der Waals surface area (Å²) in [5.74, 6) is 0.441. The Morgan fingerprint density at radius 1 is 1.08 bits per heavy atom. The maximum absolute atomic E-state index is 11.9. The van der Waals surface area contributed by atoms with Crippen molar-refractivity contribution in [1.82, 2.24) is 0 Å². The summed E-state index contributed by atoms with van der Waals surface area (Å²) >= 11 is 0. The Morgan fingerprint density at radius 2 is 1.69 bits per heavy atom. The van der Waals surface area contributed by atoms with Gasteiger partial charge in [-0.3, -0.25) is 4.79 Å². The molecule has 26 heavy (non-hydrogen) atoms. The molecule has 0 aromatic heterocycles. The molecule has 0 spiro atoms. The zero-order valence-corrected chi connectivity index (χ0v) is 15.8. The van der Waals surface area contributed by atoms with Gasteiger partial charge < -0.3 is 9.84 Å². The van der Waals surface area contributed by atoms with Gasteiger partial charge in [-0.05, 0) is 49.4 Å². The Balaban J connectivity index is 1.97. The molecule has 0 bridgehead atoms. The second-order valence-corrected chi connectivity index (χ2v) is 7.95. The lowest BCUT2D eigenvalue weighted by molar-refractivity contribution is -0.139. The van der Waals surface area contributed by atoms with Crippen LogP contribution in [0, 0.1) is 16.7 Å². The normalized spacial score (nSPS) is 23.2. The topological polar surface area (TPSA) is 46.5 Å². The van der Waals surface area contributed by atoms with Crippen molar-refractivity contribution in [3.63, 3.8) is 0 Å². The molecule has 3 nitrogen and oxygen atoms in total. The molecule has 2 aromatic rings. The summed E-state index contributed by atoms with van der Waals surface area (Å²) in [6.07, 6.45) is 2.79. The molecule has 0 aliphatic heterocycles. The summed E-state index contributed by atoms with van der Waals surface area (Å²) < 4.78 is 6.08. The number of allylic oxidation sites excluding steroid dienone is 2. The fourth-order valence-corrected chi connectivity index (χ4v) is 4.26. The Labute approximate surface area is 155 Å². The first-order chi connectivity index (χ1) is 12.3. The SMILES string of the molecule is CC(C)=CC1(Cc2ccccc2Oc2ccccc2)C(C(=O)O)C1(C)C. The van der Waals surface area contributed by atoms with Gasteiger partial charge in [0, 0.05) is 5.41 Å². The van der Waals surface area contributed by atoms with Crippen LogP contribution in [0.2, 0.25) is 0 Å². The molecule has 2 atom stereocenters. The van der Waals surface area contributed by atoms with E-state index in [9.17, 15) is 9.90 Å². The quantitative estimate of drug-likeness (QED) is 0.678. The van der Waals surface area contributed by atoms with E-state index in [0.717, 1.165) is 22.6 Å². The van der Waals surface area contributed by atoms with Crippen LogP contribution in [0.5, 0.6) is 11.5 Å². The van der Waals surface area contributed by atoms with E-state index in [2.05, 4.69) is 6.08 Å². The molecule has 2 aromatic carbocycles. The minimum Gasteiger partial charge on any atom is -0.481 e. The summed E-state index contributed by atoms with van der Waals surface area (Å²) in [7, 11) is 0. The summed E-state index contributed by atoms with van der Waals surface area (Å²) in [5.41, 5.74) is 1.48. The lowest BCUT2D eigenvalue weighted by Crippen LogP contribution is -2.13. The van der Waals surface area contributed by atoms with Crippen LogP contribution in [0.25, 0.3) is 0 Å². The monoisotopic (exact) mass is 350 g/mol. The predicted molar refractivity (Wildman–Crippen MR) is 103 cm³/mol. The van der Waals surface area contributed by atoms with Gasteiger partial charge in [0.15, 0.2) is 0 Å². The van der Waals surface area contributed by atoms with E-state index < -0.39 is 17.3 Å². The second-order valence-electron chi connectivity index (χ2n) is 7.95. The number of carboxylic acids is 1. The third-order valence-corrected chi connectivity index (χ3v) is 5.57. The third kappa shape index (κ3) is 3.14. The van der Waals surface area contributed by atoms with Crippen LogP contribution in [0.15, 0.2) is 66.2 Å². The van der Waals surface area contributed by atoms with Gasteiger partial charge in [-0.2, -0.15) is 0 Å². The van der Waals surface area contributed by atoms with Gasteiger partial charge in [0.25, 0.3) is 0 Å². The minimum atomic E-state index is -0.728. The second kappa shape index (κ2) is 6.64. The maximum atomic E-state index is 11.9. The van der Waals surface area contributed by atoms with E-state index in [-0.39, 0.29) is 5.41 Å². The summed E-state index contributed by atoms with van der Waals surface area (Å²) in [4.78, 5) is 11.9. The number of carbonyl (C=O) groups is 1. The molecule has 1 aliphatic rings. The molecule has 136 valence electrons. The maximum Gasteiger partial charge on any atom is 0.307 e. The van der Waals surface area contributed by atoms with Gasteiger partial charge >= 0.3 is 5.97 Å². The minimum absolute atomic E-state index is 0.296. The molecule has 0 saturated heterocycles. The van der Waals surface area contributed by atoms with Gasteiger partial charge in [-0.1, -0.05) is 61.9 Å². The van der Waals surface area contributed by atoms with Gasteiger partial charge in [0.05, 0.1) is 5.92 Å². The Kier molecular flexibility index (Phi) is 4.66. The standard InChI is InChI=1S/C23H26O3/c1-16(2)14-23(20(21(24)25)22(23,3)4)15-17-10-8-9-13-19(17)26-18-11-6-5-7-12-18/h5-14,20H,15H2,1-4H3,(H,24,25). The highest BCUT2D eigenvalue weighted by atomic mass is 16.5. The van der Waals surface area contributed by atoms with E-state index >= 15 is 0 Å². The first-order valence-corrected chi connectivity index (χ1v) is 8.97. The highest BCUT2D eigenvalue weighted by Crippen LogP contribution is 2.71.